The predicted molar refractivity (Wildman–Crippen MR) is 164 cm³/mol. The number of carbonyl (C=O) groups excluding carboxylic acids is 1. The molecule has 0 aromatic heterocycles. The van der Waals surface area contributed by atoms with Crippen molar-refractivity contribution in [3.05, 3.63) is 95.1 Å². The topological polar surface area (TPSA) is 105 Å². The van der Waals surface area contributed by atoms with Crippen molar-refractivity contribution in [2.75, 3.05) is 19.4 Å². The van der Waals surface area contributed by atoms with Gasteiger partial charge in [-0.05, 0) is 78.8 Å². The number of rotatable bonds is 17. The van der Waals surface area contributed by atoms with Crippen LogP contribution in [0, 0.1) is 17.6 Å². The van der Waals surface area contributed by atoms with E-state index < -0.39 is 39.5 Å². The maximum Gasteiger partial charge on any atom is 0.251 e. The largest absolute Gasteiger partial charge is 0.497 e. The van der Waals surface area contributed by atoms with Crippen molar-refractivity contribution in [1.82, 2.24) is 10.6 Å². The van der Waals surface area contributed by atoms with Crippen LogP contribution in [0.4, 0.5) is 8.78 Å². The van der Waals surface area contributed by atoms with Gasteiger partial charge in [-0.3, -0.25) is 4.79 Å². The minimum atomic E-state index is -3.64. The third-order valence-electron chi connectivity index (χ3n) is 7.28. The number of benzene rings is 3. The van der Waals surface area contributed by atoms with Crippen LogP contribution in [0.2, 0.25) is 0 Å². The quantitative estimate of drug-likeness (QED) is 0.186. The molecule has 0 aliphatic rings. The van der Waals surface area contributed by atoms with Gasteiger partial charge in [0.25, 0.3) is 5.91 Å². The predicted octanol–water partition coefficient (Wildman–Crippen LogP) is 5.46. The van der Waals surface area contributed by atoms with Gasteiger partial charge in [-0.15, -0.1) is 0 Å². The van der Waals surface area contributed by atoms with E-state index in [1.807, 2.05) is 38.1 Å². The molecule has 0 bridgehead atoms. The number of hydrogen-bond acceptors (Lipinski definition) is 6. The molecule has 0 saturated heterocycles. The number of methoxy groups -OCH3 is 1. The van der Waals surface area contributed by atoms with Crippen molar-refractivity contribution < 1.29 is 31.8 Å². The Bertz CT molecular complexity index is 1420. The van der Waals surface area contributed by atoms with Gasteiger partial charge in [0.2, 0.25) is 0 Å². The molecule has 3 aromatic carbocycles. The number of hydrogen-bond donors (Lipinski definition) is 3. The number of sulfone groups is 1. The SMILES string of the molecule is CCCC(CCC)CS(=O)(=O)c1cccc(C(=O)N[C@@H](Cc2cc(F)cc(F)c2)[C@@H](O)CNCc2cccc(OC)c2)c1. The van der Waals surface area contributed by atoms with Gasteiger partial charge in [-0.2, -0.15) is 0 Å². The van der Waals surface area contributed by atoms with Crippen LogP contribution in [-0.2, 0) is 22.8 Å². The fraction of sp³-hybridized carbons (Fsp3) is 0.424. The summed E-state index contributed by atoms with van der Waals surface area (Å²) in [6.07, 6.45) is 2.18. The summed E-state index contributed by atoms with van der Waals surface area (Å²) in [6.45, 7) is 4.51. The lowest BCUT2D eigenvalue weighted by molar-refractivity contribution is 0.0829. The van der Waals surface area contributed by atoms with E-state index in [-0.39, 0.29) is 40.7 Å². The Morgan fingerprint density at radius 1 is 0.930 bits per heavy atom. The Kier molecular flexibility index (Phi) is 13.1. The summed E-state index contributed by atoms with van der Waals surface area (Å²) >= 11 is 0. The number of aliphatic hydroxyl groups is 1. The second-order valence-electron chi connectivity index (χ2n) is 10.9. The van der Waals surface area contributed by atoms with Crippen molar-refractivity contribution in [2.24, 2.45) is 5.92 Å². The van der Waals surface area contributed by atoms with Crippen LogP contribution in [0.1, 0.15) is 61.0 Å². The summed E-state index contributed by atoms with van der Waals surface area (Å²) in [5.41, 5.74) is 1.27. The van der Waals surface area contributed by atoms with Gasteiger partial charge < -0.3 is 20.5 Å². The summed E-state index contributed by atoms with van der Waals surface area (Å²) < 4.78 is 59.5. The molecule has 2 atom stereocenters. The fourth-order valence-corrected chi connectivity index (χ4v) is 6.91. The highest BCUT2D eigenvalue weighted by molar-refractivity contribution is 7.91. The second-order valence-corrected chi connectivity index (χ2v) is 12.9. The lowest BCUT2D eigenvalue weighted by Crippen LogP contribution is -2.48. The van der Waals surface area contributed by atoms with E-state index in [0.717, 1.165) is 49.4 Å². The Morgan fingerprint density at radius 2 is 1.60 bits per heavy atom. The molecule has 10 heteroatoms. The first kappa shape index (κ1) is 34.2. The Balaban J connectivity index is 1.78. The number of amides is 1. The molecule has 0 fully saturated rings. The van der Waals surface area contributed by atoms with Gasteiger partial charge in [0.05, 0.1) is 29.9 Å². The molecule has 3 rings (SSSR count). The molecule has 3 aromatic rings. The van der Waals surface area contributed by atoms with Crippen LogP contribution in [0.3, 0.4) is 0 Å². The van der Waals surface area contributed by atoms with Crippen LogP contribution < -0.4 is 15.4 Å². The van der Waals surface area contributed by atoms with Crippen molar-refractivity contribution in [3.63, 3.8) is 0 Å². The first-order valence-electron chi connectivity index (χ1n) is 14.6. The molecule has 0 heterocycles. The second kappa shape index (κ2) is 16.5. The highest BCUT2D eigenvalue weighted by Crippen LogP contribution is 2.22. The molecular formula is C33H42F2N2O5S. The van der Waals surface area contributed by atoms with E-state index in [1.54, 1.807) is 7.11 Å². The maximum atomic E-state index is 13.9. The Morgan fingerprint density at radius 3 is 2.26 bits per heavy atom. The average molecular weight is 617 g/mol. The Labute approximate surface area is 253 Å². The van der Waals surface area contributed by atoms with E-state index in [1.165, 1.54) is 24.3 Å². The van der Waals surface area contributed by atoms with E-state index in [4.69, 9.17) is 4.74 Å². The molecule has 43 heavy (non-hydrogen) atoms. The van der Waals surface area contributed by atoms with Crippen molar-refractivity contribution in [2.45, 2.75) is 69.5 Å². The zero-order valence-corrected chi connectivity index (χ0v) is 25.8. The van der Waals surface area contributed by atoms with Gasteiger partial charge in [0.15, 0.2) is 9.84 Å². The van der Waals surface area contributed by atoms with Crippen molar-refractivity contribution >= 4 is 15.7 Å². The number of halogens is 2. The van der Waals surface area contributed by atoms with Crippen molar-refractivity contribution in [1.29, 1.82) is 0 Å². The minimum absolute atomic E-state index is 0.00514. The van der Waals surface area contributed by atoms with Gasteiger partial charge in [0.1, 0.15) is 17.4 Å². The number of ether oxygens (including phenoxy) is 1. The molecule has 0 saturated carbocycles. The smallest absolute Gasteiger partial charge is 0.251 e. The first-order chi connectivity index (χ1) is 20.5. The first-order valence-corrected chi connectivity index (χ1v) is 16.3. The number of aliphatic hydroxyl groups excluding tert-OH is 1. The van der Waals surface area contributed by atoms with Crippen LogP contribution in [0.5, 0.6) is 5.75 Å². The fourth-order valence-electron chi connectivity index (χ4n) is 5.17. The average Bonchev–Trinajstić information content (AvgIpc) is 2.96. The highest BCUT2D eigenvalue weighted by atomic mass is 32.2. The van der Waals surface area contributed by atoms with Crippen molar-refractivity contribution in [3.8, 4) is 5.75 Å². The van der Waals surface area contributed by atoms with Crippen LogP contribution in [0.15, 0.2) is 71.6 Å². The lowest BCUT2D eigenvalue weighted by atomic mass is 10.00. The minimum Gasteiger partial charge on any atom is -0.497 e. The van der Waals surface area contributed by atoms with Crippen LogP contribution in [-0.4, -0.2) is 51.0 Å². The van der Waals surface area contributed by atoms with Gasteiger partial charge >= 0.3 is 0 Å². The molecule has 1 amide bonds. The van der Waals surface area contributed by atoms with E-state index in [2.05, 4.69) is 10.6 Å². The molecule has 0 radical (unpaired) electrons. The zero-order chi connectivity index (χ0) is 31.4. The van der Waals surface area contributed by atoms with Gasteiger partial charge in [-0.25, -0.2) is 17.2 Å². The van der Waals surface area contributed by atoms with Gasteiger partial charge in [0, 0.05) is 24.7 Å². The zero-order valence-electron chi connectivity index (χ0n) is 25.0. The van der Waals surface area contributed by atoms with E-state index in [9.17, 15) is 27.1 Å². The number of nitrogens with one attached hydrogen (secondary N) is 2. The standard InChI is InChI=1S/C33H42F2N2O5S/c1-4-8-23(9-5-2)22-43(40,41)30-13-7-11-26(18-30)33(39)37-31(17-25-14-27(34)19-28(35)15-25)32(38)21-36-20-24-10-6-12-29(16-24)42-3/h6-7,10-16,18-19,23,31-32,36,38H,4-5,8-9,17,20-22H2,1-3H3,(H,37,39)/t31-,32-/m0/s1. The normalized spacial score (nSPS) is 13.1. The molecular weight excluding hydrogens is 574 g/mol. The summed E-state index contributed by atoms with van der Waals surface area (Å²) in [6, 6.07) is 15.3. The highest BCUT2D eigenvalue weighted by Gasteiger charge is 2.25. The summed E-state index contributed by atoms with van der Waals surface area (Å²) in [5, 5.41) is 17.0. The Hall–Kier alpha value is -3.34. The summed E-state index contributed by atoms with van der Waals surface area (Å²) in [7, 11) is -2.07. The van der Waals surface area contributed by atoms with Crippen LogP contribution in [0.25, 0.3) is 0 Å². The lowest BCUT2D eigenvalue weighted by Gasteiger charge is -2.25. The number of carbonyl (C=O) groups is 1. The molecule has 0 aliphatic carbocycles. The monoisotopic (exact) mass is 616 g/mol. The summed E-state index contributed by atoms with van der Waals surface area (Å²) in [4.78, 5) is 13.4. The van der Waals surface area contributed by atoms with E-state index in [0.29, 0.717) is 12.3 Å². The van der Waals surface area contributed by atoms with Crippen LogP contribution >= 0.6 is 0 Å². The molecule has 234 valence electrons. The molecule has 0 spiro atoms. The third kappa shape index (κ3) is 10.7. The third-order valence-corrected chi connectivity index (χ3v) is 9.16. The maximum absolute atomic E-state index is 13.9. The molecule has 0 unspecified atom stereocenters. The summed E-state index contributed by atoms with van der Waals surface area (Å²) in [5.74, 6) is -1.42. The molecule has 0 aliphatic heterocycles. The molecule has 3 N–H and O–H groups in total. The van der Waals surface area contributed by atoms with Gasteiger partial charge in [-0.1, -0.05) is 44.9 Å². The molecule has 7 nitrogen and oxygen atoms in total. The van der Waals surface area contributed by atoms with E-state index >= 15 is 0 Å².